The first-order valence-corrected chi connectivity index (χ1v) is 10.9. The second-order valence-corrected chi connectivity index (χ2v) is 8.51. The lowest BCUT2D eigenvalue weighted by atomic mass is 9.94. The topological polar surface area (TPSA) is 12.5 Å². The Morgan fingerprint density at radius 3 is 2.58 bits per heavy atom. The molecule has 156 valence electrons. The third-order valence-electron chi connectivity index (χ3n) is 6.23. The van der Waals surface area contributed by atoms with E-state index in [1.54, 1.807) is 19.2 Å². The van der Waals surface area contributed by atoms with E-state index in [4.69, 9.17) is 4.74 Å². The van der Waals surface area contributed by atoms with Crippen LogP contribution < -0.4 is 4.74 Å². The summed E-state index contributed by atoms with van der Waals surface area (Å²) >= 11 is 0. The average Bonchev–Trinajstić information content (AvgIpc) is 3.63. The summed E-state index contributed by atoms with van der Waals surface area (Å²) < 4.78 is 19.5. The number of halogens is 1. The number of rotatable bonds is 4. The predicted octanol–water partition coefficient (Wildman–Crippen LogP) is 6.36. The fourth-order valence-electron chi connectivity index (χ4n) is 4.33. The normalized spacial score (nSPS) is 17.7. The summed E-state index contributed by atoms with van der Waals surface area (Å²) in [4.78, 5) is 2.41. The van der Waals surface area contributed by atoms with Crippen LogP contribution in [0, 0.1) is 23.6 Å². The molecule has 0 saturated heterocycles. The molecule has 1 fully saturated rings. The van der Waals surface area contributed by atoms with Gasteiger partial charge >= 0.3 is 0 Å². The van der Waals surface area contributed by atoms with Gasteiger partial charge in [0.15, 0.2) is 0 Å². The zero-order chi connectivity index (χ0) is 21.2. The lowest BCUT2D eigenvalue weighted by Gasteiger charge is -2.27. The van der Waals surface area contributed by atoms with E-state index >= 15 is 0 Å². The predicted molar refractivity (Wildman–Crippen MR) is 122 cm³/mol. The van der Waals surface area contributed by atoms with Gasteiger partial charge in [-0.1, -0.05) is 48.4 Å². The highest BCUT2D eigenvalue weighted by Crippen LogP contribution is 2.39. The van der Waals surface area contributed by atoms with E-state index in [-0.39, 0.29) is 11.9 Å². The highest BCUT2D eigenvalue weighted by atomic mass is 19.1. The number of benzene rings is 3. The summed E-state index contributed by atoms with van der Waals surface area (Å²) in [6.07, 6.45) is 3.57. The van der Waals surface area contributed by atoms with Gasteiger partial charge in [-0.3, -0.25) is 4.90 Å². The zero-order valence-corrected chi connectivity index (χ0v) is 17.8. The van der Waals surface area contributed by atoms with E-state index in [0.29, 0.717) is 0 Å². The molecule has 2 aliphatic rings. The van der Waals surface area contributed by atoms with Gasteiger partial charge in [-0.2, -0.15) is 0 Å². The number of methoxy groups -OCH3 is 1. The quantitative estimate of drug-likeness (QED) is 0.463. The van der Waals surface area contributed by atoms with Crippen molar-refractivity contribution in [1.82, 2.24) is 4.90 Å². The van der Waals surface area contributed by atoms with Crippen LogP contribution in [0.4, 0.5) is 4.39 Å². The van der Waals surface area contributed by atoms with E-state index < -0.39 is 0 Å². The molecule has 0 aromatic heterocycles. The molecule has 1 unspecified atom stereocenters. The van der Waals surface area contributed by atoms with Crippen LogP contribution in [0.5, 0.6) is 5.75 Å². The minimum Gasteiger partial charge on any atom is -0.497 e. The average molecular weight is 412 g/mol. The molecular formula is C28H26FNO. The molecule has 0 bridgehead atoms. The summed E-state index contributed by atoms with van der Waals surface area (Å²) in [6, 6.07) is 21.7. The van der Waals surface area contributed by atoms with E-state index in [1.807, 2.05) is 24.3 Å². The number of ether oxygens (including phenoxy) is 1. The Morgan fingerprint density at radius 2 is 1.81 bits per heavy atom. The maximum atomic E-state index is 14.2. The molecule has 0 amide bonds. The summed E-state index contributed by atoms with van der Waals surface area (Å²) in [5.41, 5.74) is 5.55. The zero-order valence-electron chi connectivity index (χ0n) is 17.8. The van der Waals surface area contributed by atoms with E-state index in [9.17, 15) is 4.39 Å². The molecule has 0 radical (unpaired) electrons. The van der Waals surface area contributed by atoms with Crippen LogP contribution in [-0.4, -0.2) is 12.0 Å². The smallest absolute Gasteiger partial charge is 0.123 e. The first-order valence-electron chi connectivity index (χ1n) is 10.9. The van der Waals surface area contributed by atoms with Gasteiger partial charge in [0.2, 0.25) is 0 Å². The highest BCUT2D eigenvalue weighted by molar-refractivity contribution is 5.73. The van der Waals surface area contributed by atoms with Crippen molar-refractivity contribution in [2.45, 2.75) is 38.4 Å². The molecule has 0 spiro atoms. The lowest BCUT2D eigenvalue weighted by Crippen LogP contribution is -2.26. The van der Waals surface area contributed by atoms with Gasteiger partial charge in [-0.15, -0.1) is 5.92 Å². The molecule has 5 rings (SSSR count). The third-order valence-corrected chi connectivity index (χ3v) is 6.23. The monoisotopic (exact) mass is 411 g/mol. The van der Waals surface area contributed by atoms with Crippen LogP contribution >= 0.6 is 0 Å². The summed E-state index contributed by atoms with van der Waals surface area (Å²) in [7, 11) is 1.68. The first-order chi connectivity index (χ1) is 15.2. The Kier molecular flexibility index (Phi) is 5.49. The number of nitrogens with zero attached hydrogens (tertiary/aromatic N) is 1. The van der Waals surface area contributed by atoms with Crippen LogP contribution in [0.25, 0.3) is 11.1 Å². The Bertz CT molecular complexity index is 1140. The second-order valence-electron chi connectivity index (χ2n) is 8.51. The van der Waals surface area contributed by atoms with E-state index in [1.165, 1.54) is 18.4 Å². The van der Waals surface area contributed by atoms with Crippen molar-refractivity contribution in [3.05, 3.63) is 89.2 Å². The van der Waals surface area contributed by atoms with Gasteiger partial charge < -0.3 is 4.74 Å². The van der Waals surface area contributed by atoms with E-state index in [2.05, 4.69) is 47.1 Å². The fourth-order valence-corrected chi connectivity index (χ4v) is 4.33. The van der Waals surface area contributed by atoms with Crippen LogP contribution in [0.2, 0.25) is 0 Å². The molecule has 1 aliphatic heterocycles. The van der Waals surface area contributed by atoms with Crippen LogP contribution in [0.1, 0.15) is 42.0 Å². The minimum absolute atomic E-state index is 0.0347. The number of fused-ring (bicyclic) bond motifs is 3. The lowest BCUT2D eigenvalue weighted by molar-refractivity contribution is 0.222. The fraction of sp³-hybridized carbons (Fsp3) is 0.286. The molecule has 1 saturated carbocycles. The van der Waals surface area contributed by atoms with Gasteiger partial charge in [0.05, 0.1) is 13.2 Å². The Morgan fingerprint density at radius 1 is 1.00 bits per heavy atom. The molecule has 1 heterocycles. The van der Waals surface area contributed by atoms with Crippen LogP contribution in [0.15, 0.2) is 66.7 Å². The molecule has 1 atom stereocenters. The van der Waals surface area contributed by atoms with Gasteiger partial charge in [0.25, 0.3) is 0 Å². The summed E-state index contributed by atoms with van der Waals surface area (Å²) in [5.74, 6) is 8.49. The van der Waals surface area contributed by atoms with Gasteiger partial charge in [0, 0.05) is 19.5 Å². The molecule has 3 aromatic carbocycles. The molecule has 3 aromatic rings. The molecule has 2 nitrogen and oxygen atoms in total. The maximum Gasteiger partial charge on any atom is 0.123 e. The first kappa shape index (κ1) is 19.8. The van der Waals surface area contributed by atoms with Crippen molar-refractivity contribution in [3.8, 4) is 28.7 Å². The largest absolute Gasteiger partial charge is 0.497 e. The molecular weight excluding hydrogens is 385 g/mol. The van der Waals surface area contributed by atoms with Crippen molar-refractivity contribution in [2.24, 2.45) is 5.92 Å². The van der Waals surface area contributed by atoms with Crippen molar-refractivity contribution in [3.63, 3.8) is 0 Å². The van der Waals surface area contributed by atoms with Crippen LogP contribution in [0.3, 0.4) is 0 Å². The standard InChI is InChI=1S/C28H26FNO/c1-31-24-15-11-21(12-16-24)18-30-19-22-13-14-23(29)17-27(22)25-6-2-3-7-26(25)28(30)8-4-5-20-9-10-20/h2-3,6-7,11-17,20,28H,5,9-10,18-19H2,1H3. The summed E-state index contributed by atoms with van der Waals surface area (Å²) in [5, 5.41) is 0. The number of hydrogen-bond donors (Lipinski definition) is 0. The summed E-state index contributed by atoms with van der Waals surface area (Å²) in [6.45, 7) is 1.48. The second kappa shape index (κ2) is 8.57. The van der Waals surface area contributed by atoms with E-state index in [0.717, 1.165) is 53.4 Å². The van der Waals surface area contributed by atoms with Crippen LogP contribution in [-0.2, 0) is 13.1 Å². The van der Waals surface area contributed by atoms with Gasteiger partial charge in [-0.05, 0) is 70.8 Å². The molecule has 1 aliphatic carbocycles. The Balaban J connectivity index is 1.57. The third kappa shape index (κ3) is 4.36. The Labute approximate surface area is 183 Å². The Hall–Kier alpha value is -3.09. The van der Waals surface area contributed by atoms with Crippen molar-refractivity contribution in [2.75, 3.05) is 7.11 Å². The number of hydrogen-bond acceptors (Lipinski definition) is 2. The van der Waals surface area contributed by atoms with Crippen molar-refractivity contribution in [1.29, 1.82) is 0 Å². The van der Waals surface area contributed by atoms with Gasteiger partial charge in [0.1, 0.15) is 11.6 Å². The minimum atomic E-state index is -0.200. The SMILES string of the molecule is COc1ccc(CN2Cc3ccc(F)cc3-c3ccccc3C2C#CCC2CC2)cc1. The maximum absolute atomic E-state index is 14.2. The molecule has 3 heteroatoms. The van der Waals surface area contributed by atoms with Crippen molar-refractivity contribution >= 4 is 0 Å². The van der Waals surface area contributed by atoms with Crippen molar-refractivity contribution < 1.29 is 9.13 Å². The molecule has 31 heavy (non-hydrogen) atoms. The van der Waals surface area contributed by atoms with Gasteiger partial charge in [-0.25, -0.2) is 4.39 Å². The highest BCUT2D eigenvalue weighted by Gasteiger charge is 2.28. The molecule has 0 N–H and O–H groups in total.